The Labute approximate surface area is 75.2 Å². The molecule has 0 unspecified atom stereocenters. The first-order valence-electron chi connectivity index (χ1n) is 3.88. The minimum Gasteiger partial charge on any atom is -0.478 e. The van der Waals surface area contributed by atoms with Gasteiger partial charge in [-0.1, -0.05) is 13.0 Å². The van der Waals surface area contributed by atoms with Gasteiger partial charge in [0.25, 0.3) is 0 Å². The largest absolute Gasteiger partial charge is 0.478 e. The van der Waals surface area contributed by atoms with Crippen LogP contribution in [-0.2, 0) is 6.42 Å². The van der Waals surface area contributed by atoms with Gasteiger partial charge < -0.3 is 5.11 Å². The number of aryl methyl sites for hydroxylation is 1. The molecule has 0 amide bonds. The predicted molar refractivity (Wildman–Crippen MR) is 48.2 cm³/mol. The topological polar surface area (TPSA) is 66.7 Å². The lowest BCUT2D eigenvalue weighted by Crippen LogP contribution is -1.96. The fraction of sp³-hybridized carbons (Fsp3) is 0.222. The summed E-state index contributed by atoms with van der Waals surface area (Å²) in [6, 6.07) is 4.58. The number of nitroso groups, excluding NO2 is 1. The molecule has 0 spiro atoms. The van der Waals surface area contributed by atoms with Crippen molar-refractivity contribution in [3.63, 3.8) is 0 Å². The van der Waals surface area contributed by atoms with Crippen molar-refractivity contribution in [3.05, 3.63) is 34.2 Å². The molecule has 0 aliphatic heterocycles. The minimum absolute atomic E-state index is 0.00755. The number of benzene rings is 1. The highest BCUT2D eigenvalue weighted by atomic mass is 16.4. The van der Waals surface area contributed by atoms with E-state index in [1.165, 1.54) is 12.1 Å². The second-order valence-electron chi connectivity index (χ2n) is 2.60. The fourth-order valence-electron chi connectivity index (χ4n) is 1.05. The van der Waals surface area contributed by atoms with Gasteiger partial charge in [-0.25, -0.2) is 4.79 Å². The van der Waals surface area contributed by atoms with Gasteiger partial charge >= 0.3 is 5.97 Å². The Bertz CT molecular complexity index is 347. The van der Waals surface area contributed by atoms with Crippen LogP contribution >= 0.6 is 0 Å². The molecule has 0 aliphatic rings. The highest BCUT2D eigenvalue weighted by Crippen LogP contribution is 2.20. The summed E-state index contributed by atoms with van der Waals surface area (Å²) in [7, 11) is 0. The number of carbonyl (C=O) groups is 1. The number of carboxylic acids is 1. The van der Waals surface area contributed by atoms with Gasteiger partial charge in [0.1, 0.15) is 5.69 Å². The molecule has 1 aromatic rings. The zero-order valence-corrected chi connectivity index (χ0v) is 7.15. The van der Waals surface area contributed by atoms with Gasteiger partial charge in [-0.2, -0.15) is 0 Å². The number of carboxylic acid groups (broad SMARTS) is 1. The van der Waals surface area contributed by atoms with Crippen molar-refractivity contribution in [3.8, 4) is 0 Å². The molecule has 68 valence electrons. The Kier molecular flexibility index (Phi) is 2.74. The average Bonchev–Trinajstić information content (AvgIpc) is 2.16. The monoisotopic (exact) mass is 179 g/mol. The third-order valence-electron chi connectivity index (χ3n) is 1.80. The van der Waals surface area contributed by atoms with Crippen LogP contribution in [0.1, 0.15) is 22.8 Å². The van der Waals surface area contributed by atoms with Crippen LogP contribution < -0.4 is 0 Å². The predicted octanol–water partition coefficient (Wildman–Crippen LogP) is 2.35. The van der Waals surface area contributed by atoms with Crippen molar-refractivity contribution in [1.29, 1.82) is 0 Å². The first-order valence-corrected chi connectivity index (χ1v) is 3.88. The highest BCUT2D eigenvalue weighted by Gasteiger charge is 2.10. The van der Waals surface area contributed by atoms with Gasteiger partial charge in [0.2, 0.25) is 0 Å². The van der Waals surface area contributed by atoms with Crippen molar-refractivity contribution in [2.45, 2.75) is 13.3 Å². The first-order chi connectivity index (χ1) is 6.19. The van der Waals surface area contributed by atoms with E-state index in [9.17, 15) is 9.70 Å². The SMILES string of the molecule is CCc1ccc(C(=O)O)c(N=O)c1. The Morgan fingerprint density at radius 1 is 1.54 bits per heavy atom. The number of aromatic carboxylic acids is 1. The normalized spacial score (nSPS) is 9.62. The van der Waals surface area contributed by atoms with Gasteiger partial charge in [-0.05, 0) is 29.3 Å². The summed E-state index contributed by atoms with van der Waals surface area (Å²) in [6.45, 7) is 1.92. The van der Waals surface area contributed by atoms with Gasteiger partial charge in [0, 0.05) is 0 Å². The highest BCUT2D eigenvalue weighted by molar-refractivity contribution is 5.93. The Morgan fingerprint density at radius 3 is 2.69 bits per heavy atom. The fourth-order valence-corrected chi connectivity index (χ4v) is 1.05. The first kappa shape index (κ1) is 9.38. The maximum atomic E-state index is 10.6. The quantitative estimate of drug-likeness (QED) is 0.724. The van der Waals surface area contributed by atoms with Crippen molar-refractivity contribution in [1.82, 2.24) is 0 Å². The van der Waals surface area contributed by atoms with Crippen LogP contribution in [0.15, 0.2) is 23.4 Å². The van der Waals surface area contributed by atoms with Crippen LogP contribution in [0.5, 0.6) is 0 Å². The lowest BCUT2D eigenvalue weighted by molar-refractivity contribution is 0.0698. The molecule has 0 radical (unpaired) electrons. The molecular formula is C9H9NO3. The maximum Gasteiger partial charge on any atom is 0.338 e. The smallest absolute Gasteiger partial charge is 0.338 e. The molecule has 0 saturated heterocycles. The van der Waals surface area contributed by atoms with Gasteiger partial charge in [0.15, 0.2) is 0 Å². The number of hydrogen-bond donors (Lipinski definition) is 1. The van der Waals surface area contributed by atoms with E-state index in [1.807, 2.05) is 6.92 Å². The van der Waals surface area contributed by atoms with Crippen LogP contribution in [0, 0.1) is 4.91 Å². The summed E-state index contributed by atoms with van der Waals surface area (Å²) in [5, 5.41) is 11.3. The van der Waals surface area contributed by atoms with E-state index in [4.69, 9.17) is 5.11 Å². The molecule has 1 aromatic carbocycles. The van der Waals surface area contributed by atoms with E-state index in [1.54, 1.807) is 6.07 Å². The molecular weight excluding hydrogens is 170 g/mol. The number of rotatable bonds is 3. The van der Waals surface area contributed by atoms with E-state index in [0.717, 1.165) is 12.0 Å². The lowest BCUT2D eigenvalue weighted by Gasteiger charge is -2.00. The second kappa shape index (κ2) is 3.80. The molecule has 4 heteroatoms. The minimum atomic E-state index is -1.13. The van der Waals surface area contributed by atoms with Crippen LogP contribution in [0.25, 0.3) is 0 Å². The molecule has 1 rings (SSSR count). The summed E-state index contributed by atoms with van der Waals surface area (Å²) in [5.74, 6) is -1.13. The van der Waals surface area contributed by atoms with E-state index in [2.05, 4.69) is 5.18 Å². The van der Waals surface area contributed by atoms with Crippen molar-refractivity contribution < 1.29 is 9.90 Å². The molecule has 4 nitrogen and oxygen atoms in total. The van der Waals surface area contributed by atoms with Crippen molar-refractivity contribution in [2.75, 3.05) is 0 Å². The van der Waals surface area contributed by atoms with Gasteiger partial charge in [0.05, 0.1) is 5.56 Å². The third kappa shape index (κ3) is 1.90. The summed E-state index contributed by atoms with van der Waals surface area (Å²) >= 11 is 0. The number of nitrogens with zero attached hydrogens (tertiary/aromatic N) is 1. The zero-order valence-electron chi connectivity index (χ0n) is 7.15. The lowest BCUT2D eigenvalue weighted by atomic mass is 10.1. The Balaban J connectivity index is 3.23. The van der Waals surface area contributed by atoms with E-state index in [-0.39, 0.29) is 11.3 Å². The molecule has 13 heavy (non-hydrogen) atoms. The summed E-state index contributed by atoms with van der Waals surface area (Å²) in [4.78, 5) is 20.9. The van der Waals surface area contributed by atoms with Crippen LogP contribution in [0.2, 0.25) is 0 Å². The van der Waals surface area contributed by atoms with Gasteiger partial charge in [-0.3, -0.25) is 0 Å². The summed E-state index contributed by atoms with van der Waals surface area (Å²) < 4.78 is 0. The van der Waals surface area contributed by atoms with Gasteiger partial charge in [-0.15, -0.1) is 4.91 Å². The molecule has 0 atom stereocenters. The molecule has 0 aliphatic carbocycles. The molecule has 1 N–H and O–H groups in total. The van der Waals surface area contributed by atoms with Crippen LogP contribution in [0.4, 0.5) is 5.69 Å². The molecule has 0 saturated carbocycles. The number of hydrogen-bond acceptors (Lipinski definition) is 3. The van der Waals surface area contributed by atoms with E-state index >= 15 is 0 Å². The Morgan fingerprint density at radius 2 is 2.23 bits per heavy atom. The average molecular weight is 179 g/mol. The third-order valence-corrected chi connectivity index (χ3v) is 1.80. The molecule has 0 heterocycles. The summed E-state index contributed by atoms with van der Waals surface area (Å²) in [5.41, 5.74) is 0.846. The maximum absolute atomic E-state index is 10.6. The Hall–Kier alpha value is -1.71. The summed E-state index contributed by atoms with van der Waals surface area (Å²) in [6.07, 6.45) is 0.752. The van der Waals surface area contributed by atoms with Crippen LogP contribution in [0.3, 0.4) is 0 Å². The van der Waals surface area contributed by atoms with E-state index < -0.39 is 5.97 Å². The molecule has 0 aromatic heterocycles. The second-order valence-corrected chi connectivity index (χ2v) is 2.60. The van der Waals surface area contributed by atoms with Crippen molar-refractivity contribution >= 4 is 11.7 Å². The molecule has 0 bridgehead atoms. The van der Waals surface area contributed by atoms with E-state index in [0.29, 0.717) is 0 Å². The van der Waals surface area contributed by atoms with Crippen molar-refractivity contribution in [2.24, 2.45) is 5.18 Å². The molecule has 0 fully saturated rings. The zero-order chi connectivity index (χ0) is 9.84. The van der Waals surface area contributed by atoms with Crippen LogP contribution in [-0.4, -0.2) is 11.1 Å². The standard InChI is InChI=1S/C9H9NO3/c1-2-6-3-4-7(9(11)12)8(5-6)10-13/h3-5H,2H2,1H3,(H,11,12).